The van der Waals surface area contributed by atoms with Crippen LogP contribution in [0.15, 0.2) is 72.8 Å². The van der Waals surface area contributed by atoms with Gasteiger partial charge in [-0.05, 0) is 42.3 Å². The molecule has 0 radical (unpaired) electrons. The topological polar surface area (TPSA) is 68.7 Å². The number of hydrogen-bond donors (Lipinski definition) is 1. The highest BCUT2D eigenvalue weighted by molar-refractivity contribution is 7.15. The van der Waals surface area contributed by atoms with Gasteiger partial charge in [-0.25, -0.2) is 9.78 Å². The average Bonchev–Trinajstić information content (AvgIpc) is 3.26. The van der Waals surface area contributed by atoms with Crippen LogP contribution < -0.4 is 9.47 Å². The number of nitrogens with zero attached hydrogens (tertiary/aromatic N) is 1. The van der Waals surface area contributed by atoms with Gasteiger partial charge in [-0.3, -0.25) is 0 Å². The molecule has 0 bridgehead atoms. The van der Waals surface area contributed by atoms with Crippen LogP contribution in [0.25, 0.3) is 21.7 Å². The molecule has 0 aliphatic heterocycles. The molecule has 0 saturated carbocycles. The van der Waals surface area contributed by atoms with E-state index in [1.807, 2.05) is 30.3 Å². The highest BCUT2D eigenvalue weighted by Crippen LogP contribution is 2.42. The summed E-state index contributed by atoms with van der Waals surface area (Å²) in [5, 5.41) is 9.28. The Bertz CT molecular complexity index is 1340. The van der Waals surface area contributed by atoms with Gasteiger partial charge in [0.15, 0.2) is 6.61 Å². The smallest absolute Gasteiger partial charge is 0.417 e. The zero-order valence-electron chi connectivity index (χ0n) is 18.5. The number of halogens is 3. The Balaban J connectivity index is 1.64. The van der Waals surface area contributed by atoms with Crippen molar-refractivity contribution in [2.75, 3.05) is 6.61 Å². The van der Waals surface area contributed by atoms with Gasteiger partial charge < -0.3 is 14.6 Å². The summed E-state index contributed by atoms with van der Waals surface area (Å²) in [4.78, 5) is 15.9. The molecule has 0 amide bonds. The van der Waals surface area contributed by atoms with Crippen molar-refractivity contribution < 1.29 is 32.5 Å². The van der Waals surface area contributed by atoms with E-state index in [-0.39, 0.29) is 17.9 Å². The SMILES string of the molecule is Cc1cc(OCc2nc(-c3ccccc3C(F)(F)F)c(-c3ccccc3)s2)ccc1OCC(=O)O. The van der Waals surface area contributed by atoms with Crippen molar-refractivity contribution in [3.63, 3.8) is 0 Å². The Labute approximate surface area is 203 Å². The lowest BCUT2D eigenvalue weighted by atomic mass is 10.0. The highest BCUT2D eigenvalue weighted by Gasteiger charge is 2.34. The maximum atomic E-state index is 13.7. The Kier molecular flexibility index (Phi) is 7.07. The fourth-order valence-corrected chi connectivity index (χ4v) is 4.49. The molecule has 0 aliphatic rings. The number of carbonyl (C=O) groups is 1. The third-order valence-corrected chi connectivity index (χ3v) is 6.13. The molecule has 1 aromatic heterocycles. The van der Waals surface area contributed by atoms with E-state index in [1.165, 1.54) is 23.5 Å². The number of aromatic nitrogens is 1. The number of benzene rings is 3. The molecular formula is C26H20F3NO4S. The number of ether oxygens (including phenoxy) is 2. The maximum Gasteiger partial charge on any atom is 0.417 e. The standard InChI is InChI=1S/C26H20F3NO4S/c1-16-13-18(11-12-21(16)34-15-23(31)32)33-14-22-30-24(25(35-22)17-7-3-2-4-8-17)19-9-5-6-10-20(19)26(27,28)29/h2-13H,14-15H2,1H3,(H,31,32). The number of aliphatic carboxylic acids is 1. The molecule has 0 aliphatic carbocycles. The first-order valence-corrected chi connectivity index (χ1v) is 11.3. The monoisotopic (exact) mass is 499 g/mol. The minimum atomic E-state index is -4.52. The van der Waals surface area contributed by atoms with E-state index >= 15 is 0 Å². The van der Waals surface area contributed by atoms with Crippen molar-refractivity contribution in [2.24, 2.45) is 0 Å². The zero-order valence-corrected chi connectivity index (χ0v) is 19.3. The highest BCUT2D eigenvalue weighted by atomic mass is 32.1. The fourth-order valence-electron chi connectivity index (χ4n) is 3.49. The lowest BCUT2D eigenvalue weighted by molar-refractivity contribution is -0.139. The van der Waals surface area contributed by atoms with Crippen LogP contribution in [0.2, 0.25) is 0 Å². The summed E-state index contributed by atoms with van der Waals surface area (Å²) in [5.74, 6) is -0.157. The van der Waals surface area contributed by atoms with Crippen molar-refractivity contribution in [2.45, 2.75) is 19.7 Å². The van der Waals surface area contributed by atoms with Gasteiger partial charge in [-0.15, -0.1) is 11.3 Å². The van der Waals surface area contributed by atoms with Crippen molar-refractivity contribution in [3.05, 3.63) is 88.9 Å². The summed E-state index contributed by atoms with van der Waals surface area (Å²) in [5.41, 5.74) is 0.965. The van der Waals surface area contributed by atoms with E-state index in [9.17, 15) is 18.0 Å². The molecule has 1 heterocycles. The summed E-state index contributed by atoms with van der Waals surface area (Å²) in [7, 11) is 0. The number of aryl methyl sites for hydroxylation is 1. The molecule has 4 rings (SSSR count). The first kappa shape index (κ1) is 24.3. The number of hydrogen-bond acceptors (Lipinski definition) is 5. The van der Waals surface area contributed by atoms with Gasteiger partial charge in [0.2, 0.25) is 0 Å². The Morgan fingerprint density at radius 3 is 2.40 bits per heavy atom. The van der Waals surface area contributed by atoms with Crippen LogP contribution in [-0.2, 0) is 17.6 Å². The lowest BCUT2D eigenvalue weighted by Gasteiger charge is -2.12. The van der Waals surface area contributed by atoms with Crippen LogP contribution >= 0.6 is 11.3 Å². The van der Waals surface area contributed by atoms with Gasteiger partial charge in [0, 0.05) is 5.56 Å². The van der Waals surface area contributed by atoms with Crippen LogP contribution in [0.3, 0.4) is 0 Å². The van der Waals surface area contributed by atoms with Gasteiger partial charge >= 0.3 is 12.1 Å². The van der Waals surface area contributed by atoms with Crippen molar-refractivity contribution in [1.29, 1.82) is 0 Å². The summed E-state index contributed by atoms with van der Waals surface area (Å²) in [6.07, 6.45) is -4.52. The molecule has 1 N–H and O–H groups in total. The summed E-state index contributed by atoms with van der Waals surface area (Å²) in [6, 6.07) is 19.5. The summed E-state index contributed by atoms with van der Waals surface area (Å²) >= 11 is 1.27. The molecular weight excluding hydrogens is 479 g/mol. The lowest BCUT2D eigenvalue weighted by Crippen LogP contribution is -2.10. The van der Waals surface area contributed by atoms with E-state index in [0.29, 0.717) is 26.9 Å². The molecule has 5 nitrogen and oxygen atoms in total. The Morgan fingerprint density at radius 1 is 1.00 bits per heavy atom. The summed E-state index contributed by atoms with van der Waals surface area (Å²) in [6.45, 7) is 1.35. The van der Waals surface area contributed by atoms with Gasteiger partial charge in [0.1, 0.15) is 23.1 Å². The molecule has 0 spiro atoms. The number of alkyl halides is 3. The van der Waals surface area contributed by atoms with Crippen molar-refractivity contribution in [1.82, 2.24) is 4.98 Å². The third kappa shape index (κ3) is 5.81. The number of rotatable bonds is 8. The molecule has 0 saturated heterocycles. The molecule has 0 atom stereocenters. The number of carboxylic acids is 1. The molecule has 180 valence electrons. The summed E-state index contributed by atoms with van der Waals surface area (Å²) < 4.78 is 52.2. The van der Waals surface area contributed by atoms with Crippen LogP contribution in [0, 0.1) is 6.92 Å². The predicted molar refractivity (Wildman–Crippen MR) is 127 cm³/mol. The molecule has 3 aromatic carbocycles. The van der Waals surface area contributed by atoms with Gasteiger partial charge in [-0.1, -0.05) is 48.5 Å². The zero-order chi connectivity index (χ0) is 25.0. The Hall–Kier alpha value is -3.85. The molecule has 35 heavy (non-hydrogen) atoms. The normalized spacial score (nSPS) is 11.3. The molecule has 0 fully saturated rings. The van der Waals surface area contributed by atoms with E-state index in [4.69, 9.17) is 14.6 Å². The van der Waals surface area contributed by atoms with Crippen molar-refractivity contribution in [3.8, 4) is 33.2 Å². The minimum Gasteiger partial charge on any atom is -0.486 e. The quantitative estimate of drug-likeness (QED) is 0.287. The predicted octanol–water partition coefficient (Wildman–Crippen LogP) is 6.85. The third-order valence-electron chi connectivity index (χ3n) is 5.05. The van der Waals surface area contributed by atoms with E-state index in [0.717, 1.165) is 11.6 Å². The molecule has 0 unspecified atom stereocenters. The second-order valence-corrected chi connectivity index (χ2v) is 8.68. The molecule has 9 heteroatoms. The second-order valence-electron chi connectivity index (χ2n) is 7.59. The number of carboxylic acid groups (broad SMARTS) is 1. The largest absolute Gasteiger partial charge is 0.486 e. The first-order valence-electron chi connectivity index (χ1n) is 10.5. The first-order chi connectivity index (χ1) is 16.7. The molecule has 4 aromatic rings. The van der Waals surface area contributed by atoms with Crippen LogP contribution in [-0.4, -0.2) is 22.7 Å². The van der Waals surface area contributed by atoms with Gasteiger partial charge in [0.05, 0.1) is 16.1 Å². The van der Waals surface area contributed by atoms with Crippen LogP contribution in [0.4, 0.5) is 13.2 Å². The second kappa shape index (κ2) is 10.2. The maximum absolute atomic E-state index is 13.7. The van der Waals surface area contributed by atoms with Crippen LogP contribution in [0.1, 0.15) is 16.1 Å². The Morgan fingerprint density at radius 2 is 1.71 bits per heavy atom. The van der Waals surface area contributed by atoms with E-state index in [1.54, 1.807) is 31.2 Å². The van der Waals surface area contributed by atoms with Crippen molar-refractivity contribution >= 4 is 17.3 Å². The average molecular weight is 500 g/mol. The van der Waals surface area contributed by atoms with Gasteiger partial charge in [0.25, 0.3) is 0 Å². The minimum absolute atomic E-state index is 0.0112. The van der Waals surface area contributed by atoms with Gasteiger partial charge in [-0.2, -0.15) is 13.2 Å². The van der Waals surface area contributed by atoms with E-state index < -0.39 is 24.3 Å². The fraction of sp³-hybridized carbons (Fsp3) is 0.154. The van der Waals surface area contributed by atoms with E-state index in [2.05, 4.69) is 4.98 Å². The number of thiazole rings is 1. The van der Waals surface area contributed by atoms with Crippen LogP contribution in [0.5, 0.6) is 11.5 Å².